The molecule has 10 heteroatoms. The van der Waals surface area contributed by atoms with E-state index in [9.17, 15) is 26.8 Å². The van der Waals surface area contributed by atoms with Crippen molar-refractivity contribution in [1.29, 1.82) is 0 Å². The molecule has 0 spiro atoms. The van der Waals surface area contributed by atoms with Crippen LogP contribution in [0.3, 0.4) is 0 Å². The first-order valence-corrected chi connectivity index (χ1v) is 13.5. The molecule has 1 aliphatic rings. The molecule has 1 saturated carbocycles. The van der Waals surface area contributed by atoms with Crippen molar-refractivity contribution in [3.63, 3.8) is 0 Å². The first kappa shape index (κ1) is 26.6. The van der Waals surface area contributed by atoms with Gasteiger partial charge >= 0.3 is 0 Å². The number of nitrogens with zero attached hydrogens (tertiary/aromatic N) is 2. The Morgan fingerprint density at radius 2 is 1.69 bits per heavy atom. The summed E-state index contributed by atoms with van der Waals surface area (Å²) in [7, 11) is -4.02. The predicted octanol–water partition coefficient (Wildman–Crippen LogP) is 3.60. The second-order valence-corrected chi connectivity index (χ2v) is 10.8. The van der Waals surface area contributed by atoms with E-state index in [0.717, 1.165) is 62.1 Å². The highest BCUT2D eigenvalue weighted by molar-refractivity contribution is 7.92. The number of carbonyl (C=O) groups excluding carboxylic acids is 2. The van der Waals surface area contributed by atoms with E-state index < -0.39 is 40.2 Å². The first-order chi connectivity index (χ1) is 16.6. The Bertz CT molecular complexity index is 1140. The molecule has 2 aromatic rings. The number of nitrogens with one attached hydrogen (secondary N) is 1. The molecule has 190 valence electrons. The second-order valence-electron chi connectivity index (χ2n) is 8.89. The van der Waals surface area contributed by atoms with Gasteiger partial charge in [0.2, 0.25) is 21.8 Å². The molecule has 2 aromatic carbocycles. The normalized spacial score (nSPS) is 15.3. The Hall–Kier alpha value is -3.01. The van der Waals surface area contributed by atoms with Gasteiger partial charge in [-0.25, -0.2) is 17.2 Å². The zero-order chi connectivity index (χ0) is 25.6. The molecule has 0 aliphatic heterocycles. The monoisotopic (exact) mass is 507 g/mol. The van der Waals surface area contributed by atoms with Gasteiger partial charge in [0.15, 0.2) is 11.6 Å². The highest BCUT2D eigenvalue weighted by Gasteiger charge is 2.31. The predicted molar refractivity (Wildman–Crippen MR) is 130 cm³/mol. The Morgan fingerprint density at radius 3 is 2.29 bits per heavy atom. The molecule has 2 amide bonds. The van der Waals surface area contributed by atoms with Crippen LogP contribution in [0.15, 0.2) is 48.5 Å². The van der Waals surface area contributed by atoms with Crippen LogP contribution in [0, 0.1) is 11.6 Å². The molecular formula is C25H31F2N3O4S. The maximum Gasteiger partial charge on any atom is 0.244 e. The van der Waals surface area contributed by atoms with E-state index in [1.807, 2.05) is 6.07 Å². The van der Waals surface area contributed by atoms with Crippen LogP contribution in [-0.2, 0) is 26.2 Å². The number of anilines is 1. The van der Waals surface area contributed by atoms with E-state index in [1.165, 1.54) is 4.90 Å². The van der Waals surface area contributed by atoms with Gasteiger partial charge in [-0.1, -0.05) is 49.6 Å². The topological polar surface area (TPSA) is 86.8 Å². The summed E-state index contributed by atoms with van der Waals surface area (Å²) in [6, 6.07) is 10.8. The van der Waals surface area contributed by atoms with Crippen LogP contribution >= 0.6 is 0 Å². The summed E-state index contributed by atoms with van der Waals surface area (Å²) in [6.45, 7) is 1.01. The highest BCUT2D eigenvalue weighted by atomic mass is 32.2. The number of rotatable bonds is 9. The minimum absolute atomic E-state index is 0.0436. The van der Waals surface area contributed by atoms with E-state index >= 15 is 0 Å². The number of hydrogen-bond acceptors (Lipinski definition) is 4. The largest absolute Gasteiger partial charge is 0.352 e. The lowest BCUT2D eigenvalue weighted by Crippen LogP contribution is -2.53. The van der Waals surface area contributed by atoms with Crippen molar-refractivity contribution in [2.45, 2.75) is 57.7 Å². The average Bonchev–Trinajstić information content (AvgIpc) is 2.83. The fourth-order valence-corrected chi connectivity index (χ4v) is 5.03. The smallest absolute Gasteiger partial charge is 0.244 e. The summed E-state index contributed by atoms with van der Waals surface area (Å²) in [4.78, 5) is 27.8. The van der Waals surface area contributed by atoms with Crippen LogP contribution in [0.1, 0.15) is 44.6 Å². The number of hydrogen-bond donors (Lipinski definition) is 1. The van der Waals surface area contributed by atoms with Crippen molar-refractivity contribution in [1.82, 2.24) is 10.2 Å². The van der Waals surface area contributed by atoms with E-state index in [1.54, 1.807) is 31.2 Å². The minimum atomic E-state index is -4.02. The quantitative estimate of drug-likeness (QED) is 0.562. The van der Waals surface area contributed by atoms with Gasteiger partial charge in [-0.15, -0.1) is 0 Å². The molecule has 0 unspecified atom stereocenters. The number of halogens is 2. The highest BCUT2D eigenvalue weighted by Crippen LogP contribution is 2.22. The van der Waals surface area contributed by atoms with Crippen molar-refractivity contribution < 1.29 is 26.8 Å². The molecule has 1 atom stereocenters. The average molecular weight is 508 g/mol. The van der Waals surface area contributed by atoms with Crippen LogP contribution in [0.4, 0.5) is 14.5 Å². The van der Waals surface area contributed by atoms with Crippen molar-refractivity contribution in [3.05, 3.63) is 65.7 Å². The molecule has 1 fully saturated rings. The fraction of sp³-hybridized carbons (Fsp3) is 0.440. The number of amides is 2. The third kappa shape index (κ3) is 7.24. The molecule has 1 N–H and O–H groups in total. The Balaban J connectivity index is 1.86. The lowest BCUT2D eigenvalue weighted by Gasteiger charge is -2.33. The van der Waals surface area contributed by atoms with E-state index in [4.69, 9.17) is 0 Å². The summed E-state index contributed by atoms with van der Waals surface area (Å²) in [6.07, 6.45) is 5.83. The number of sulfonamides is 1. The molecule has 3 rings (SSSR count). The van der Waals surface area contributed by atoms with E-state index in [2.05, 4.69) is 5.32 Å². The SMILES string of the molecule is C[C@@H](C(=O)NC1CCCCC1)N(Cc1ccccc1)C(=O)CN(c1ccc(F)c(F)c1)S(C)(=O)=O. The van der Waals surface area contributed by atoms with Gasteiger partial charge in [-0.05, 0) is 37.5 Å². The molecular weight excluding hydrogens is 476 g/mol. The van der Waals surface area contributed by atoms with Gasteiger partial charge in [0.25, 0.3) is 0 Å². The molecule has 1 aliphatic carbocycles. The van der Waals surface area contributed by atoms with Gasteiger partial charge < -0.3 is 10.2 Å². The number of benzene rings is 2. The Labute approximate surface area is 205 Å². The summed E-state index contributed by atoms with van der Waals surface area (Å²) in [5.74, 6) is -3.33. The molecule has 7 nitrogen and oxygen atoms in total. The van der Waals surface area contributed by atoms with Crippen molar-refractivity contribution in [2.75, 3.05) is 17.1 Å². The molecule has 0 aromatic heterocycles. The summed E-state index contributed by atoms with van der Waals surface area (Å²) in [5, 5.41) is 3.01. The molecule has 0 radical (unpaired) electrons. The fourth-order valence-electron chi connectivity index (χ4n) is 4.19. The summed E-state index contributed by atoms with van der Waals surface area (Å²) >= 11 is 0. The van der Waals surface area contributed by atoms with Crippen molar-refractivity contribution >= 4 is 27.5 Å². The third-order valence-electron chi connectivity index (χ3n) is 6.18. The number of carbonyl (C=O) groups is 2. The Morgan fingerprint density at radius 1 is 1.03 bits per heavy atom. The van der Waals surface area contributed by atoms with Crippen LogP contribution in [0.5, 0.6) is 0 Å². The standard InChI is InChI=1S/C25H31F2N3O4S/c1-18(25(32)28-20-11-7-4-8-12-20)29(16-19-9-5-3-6-10-19)24(31)17-30(35(2,33)34)21-13-14-22(26)23(27)15-21/h3,5-6,9-10,13-15,18,20H,4,7-8,11-12,16-17H2,1-2H3,(H,28,32)/t18-/m0/s1. The van der Waals surface area contributed by atoms with Gasteiger partial charge in [0.1, 0.15) is 12.6 Å². The van der Waals surface area contributed by atoms with Gasteiger partial charge in [0, 0.05) is 18.7 Å². The van der Waals surface area contributed by atoms with Crippen LogP contribution in [0.25, 0.3) is 0 Å². The minimum Gasteiger partial charge on any atom is -0.352 e. The zero-order valence-corrected chi connectivity index (χ0v) is 20.7. The van der Waals surface area contributed by atoms with Gasteiger partial charge in [0.05, 0.1) is 11.9 Å². The molecule has 0 heterocycles. The van der Waals surface area contributed by atoms with Crippen molar-refractivity contribution in [3.8, 4) is 0 Å². The summed E-state index contributed by atoms with van der Waals surface area (Å²) < 4.78 is 52.9. The second kappa shape index (κ2) is 11.6. The van der Waals surface area contributed by atoms with E-state index in [-0.39, 0.29) is 24.2 Å². The summed E-state index contributed by atoms with van der Waals surface area (Å²) in [5.41, 5.74) is 0.579. The van der Waals surface area contributed by atoms with E-state index in [0.29, 0.717) is 4.31 Å². The molecule has 0 saturated heterocycles. The van der Waals surface area contributed by atoms with Crippen molar-refractivity contribution in [2.24, 2.45) is 0 Å². The van der Waals surface area contributed by atoms with Crippen LogP contribution in [0.2, 0.25) is 0 Å². The van der Waals surface area contributed by atoms with Gasteiger partial charge in [-0.2, -0.15) is 0 Å². The lowest BCUT2D eigenvalue weighted by atomic mass is 9.95. The Kier molecular flexibility index (Phi) is 8.82. The third-order valence-corrected chi connectivity index (χ3v) is 7.33. The first-order valence-electron chi connectivity index (χ1n) is 11.6. The van der Waals surface area contributed by atoms with Crippen LogP contribution in [-0.4, -0.2) is 50.0 Å². The van der Waals surface area contributed by atoms with Gasteiger partial charge in [-0.3, -0.25) is 13.9 Å². The van der Waals surface area contributed by atoms with Crippen LogP contribution < -0.4 is 9.62 Å². The maximum absolute atomic E-state index is 13.8. The maximum atomic E-state index is 13.8. The molecule has 0 bridgehead atoms. The lowest BCUT2D eigenvalue weighted by molar-refractivity contribution is -0.139. The molecule has 35 heavy (non-hydrogen) atoms. The zero-order valence-electron chi connectivity index (χ0n) is 19.9.